The van der Waals surface area contributed by atoms with Gasteiger partial charge >= 0.3 is 20.5 Å². The van der Waals surface area contributed by atoms with Crippen LogP contribution < -0.4 is 0 Å². The molecule has 0 aromatic carbocycles. The Bertz CT molecular complexity index is 2020. The minimum atomic E-state index is -2.50. The summed E-state index contributed by atoms with van der Waals surface area (Å²) in [7, 11) is -2.50. The maximum atomic E-state index is 12.9. The first-order valence-corrected chi connectivity index (χ1v) is 37.3. The first-order chi connectivity index (χ1) is 38.2. The number of carbonyl (C=O) groups excluding carboxylic acids is 2. The van der Waals surface area contributed by atoms with E-state index in [0.29, 0.717) is 65.0 Å². The number of carbonyl (C=O) groups is 2. The van der Waals surface area contributed by atoms with E-state index in [0.717, 1.165) is 131 Å². The number of rotatable bonds is 26. The third kappa shape index (κ3) is 14.9. The van der Waals surface area contributed by atoms with Crippen molar-refractivity contribution in [1.82, 2.24) is 4.90 Å². The van der Waals surface area contributed by atoms with E-state index in [1.807, 2.05) is 41.5 Å². The average molecular weight is 1150 g/mol. The number of aliphatic hydroxyl groups is 2. The Morgan fingerprint density at radius 3 is 1.47 bits per heavy atom. The molecule has 0 radical (unpaired) electrons. The number of nitrogens with zero attached hydrogens (tertiary/aromatic N) is 1. The highest BCUT2D eigenvalue weighted by Gasteiger charge is 2.63. The molecule has 0 aromatic rings. The highest BCUT2D eigenvalue weighted by atomic mass is 28.4. The summed E-state index contributed by atoms with van der Waals surface area (Å²) in [5, 5.41) is 18.9. The molecule has 19 atom stereocenters. The van der Waals surface area contributed by atoms with Crippen LogP contribution in [-0.4, -0.2) is 100 Å². The molecule has 81 heavy (non-hydrogen) atoms. The summed E-state index contributed by atoms with van der Waals surface area (Å²) >= 11 is 0. The summed E-state index contributed by atoms with van der Waals surface area (Å²) in [6.07, 6.45) is 31.4. The van der Waals surface area contributed by atoms with E-state index in [1.54, 1.807) is 0 Å². The molecule has 0 amide bonds. The van der Waals surface area contributed by atoms with Gasteiger partial charge in [0.25, 0.3) is 0 Å². The minimum Gasteiger partial charge on any atom is -0.462 e. The molecule has 0 spiro atoms. The molecule has 8 aliphatic rings. The molecular formula is C70H125NO9Si. The monoisotopic (exact) mass is 1150 g/mol. The predicted octanol–water partition coefficient (Wildman–Crippen LogP) is 16.0. The zero-order valence-electron chi connectivity index (χ0n) is 54.7. The fourth-order valence-electron chi connectivity index (χ4n) is 20.9. The number of unbranched alkanes of at least 4 members (excludes halogenated alkanes) is 3. The van der Waals surface area contributed by atoms with E-state index in [4.69, 9.17) is 23.1 Å². The van der Waals surface area contributed by atoms with Crippen molar-refractivity contribution in [2.45, 2.75) is 282 Å². The van der Waals surface area contributed by atoms with Crippen LogP contribution in [0.5, 0.6) is 0 Å². The maximum Gasteiger partial charge on any atom is 0.333 e. The number of ether oxygens (including phenoxy) is 3. The minimum absolute atomic E-state index is 0.0335. The lowest BCUT2D eigenvalue weighted by atomic mass is 9.44. The largest absolute Gasteiger partial charge is 0.462 e. The number of fused-ring (bicyclic) bond motifs is 10. The maximum absolute atomic E-state index is 12.9. The predicted molar refractivity (Wildman–Crippen MR) is 329 cm³/mol. The standard InChI is InChI=1S/C70H125NO9Si/c1-48(56-26-28-58-54-24-22-50-46-52(78-63(74)65(3,4)5)31-35-67(50,9)60(54)33-37-69(56,58)11)20-19-44-76-62(80-81(13,14)77-45-18-16-15-17-39-71(40-42-72)41-43-73)30-21-49(2)57-27-29-59-55-25-23-51-47-53(79-64(75)66(6,7)8)32-36-68(51,10)61(55)34-38-70(57,59)12/h48-62,72-73H,15-47H2,1-14H3/t48-,49-,50?,51?,52-,53-,54?,55?,56?,57?,58?,59?,60?,61?,62?,67+,68+,69-,70-/m1/s1. The SMILES string of the molecule is C[C@H](CCCOC(CC[C@@H](C)C1CCC2C3CCC4C[C@H](OC(=O)C(C)(C)C)CC[C@]4(C)C3CC[C@@]21C)O[Si](C)(C)OCCCCCCN(CCO)CCO)C1CCC2C3CCC4C[C@H](OC(=O)C(C)(C)C)CC[C@]4(C)C3CC[C@@]21C. The second kappa shape index (κ2) is 27.1. The van der Waals surface area contributed by atoms with Gasteiger partial charge in [-0.05, 0) is 308 Å². The zero-order chi connectivity index (χ0) is 58.8. The van der Waals surface area contributed by atoms with Crippen LogP contribution in [0, 0.1) is 104 Å². The van der Waals surface area contributed by atoms with E-state index in [9.17, 15) is 19.8 Å². The Hall–Kier alpha value is -1.08. The highest BCUT2D eigenvalue weighted by molar-refractivity contribution is 6.64. The smallest absolute Gasteiger partial charge is 0.333 e. The van der Waals surface area contributed by atoms with Gasteiger partial charge in [0.15, 0.2) is 0 Å². The molecule has 0 aromatic heterocycles. The van der Waals surface area contributed by atoms with Crippen LogP contribution in [-0.2, 0) is 32.7 Å². The summed E-state index contributed by atoms with van der Waals surface area (Å²) in [6.45, 7) is 36.1. The van der Waals surface area contributed by atoms with Crippen molar-refractivity contribution >= 4 is 20.5 Å². The lowest BCUT2D eigenvalue weighted by Crippen LogP contribution is -2.54. The first kappa shape index (κ1) is 65.9. The van der Waals surface area contributed by atoms with Crippen molar-refractivity contribution in [2.75, 3.05) is 46.1 Å². The molecule has 0 bridgehead atoms. The quantitative estimate of drug-likeness (QED) is 0.0374. The molecule has 468 valence electrons. The Labute approximate surface area is 497 Å². The van der Waals surface area contributed by atoms with Gasteiger partial charge in [0.05, 0.1) is 24.0 Å². The van der Waals surface area contributed by atoms with Gasteiger partial charge in [-0.3, -0.25) is 14.5 Å². The topological polar surface area (TPSA) is 124 Å². The Kier molecular flexibility index (Phi) is 22.1. The van der Waals surface area contributed by atoms with Crippen LogP contribution >= 0.6 is 0 Å². The second-order valence-electron chi connectivity index (χ2n) is 32.9. The molecule has 8 saturated carbocycles. The van der Waals surface area contributed by atoms with Crippen molar-refractivity contribution in [1.29, 1.82) is 0 Å². The van der Waals surface area contributed by atoms with Crippen LogP contribution in [0.1, 0.15) is 250 Å². The molecule has 10 nitrogen and oxygen atoms in total. The Balaban J connectivity index is 0.843. The van der Waals surface area contributed by atoms with Gasteiger partial charge in [-0.25, -0.2) is 0 Å². The summed E-state index contributed by atoms with van der Waals surface area (Å²) in [4.78, 5) is 28.0. The van der Waals surface area contributed by atoms with E-state index in [1.165, 1.54) is 96.3 Å². The molecule has 8 fully saturated rings. The number of hydrogen-bond acceptors (Lipinski definition) is 10. The van der Waals surface area contributed by atoms with E-state index in [-0.39, 0.29) is 43.7 Å². The number of hydrogen-bond donors (Lipinski definition) is 2. The molecular weight excluding hydrogens is 1030 g/mol. The molecule has 11 heteroatoms. The lowest BCUT2D eigenvalue weighted by molar-refractivity contribution is -0.171. The molecule has 0 heterocycles. The normalized spacial score (nSPS) is 38.9. The van der Waals surface area contributed by atoms with Gasteiger partial charge in [0.1, 0.15) is 18.5 Å². The van der Waals surface area contributed by atoms with Crippen molar-refractivity contribution in [3.05, 3.63) is 0 Å². The van der Waals surface area contributed by atoms with Crippen LogP contribution in [0.4, 0.5) is 0 Å². The third-order valence-corrected chi connectivity index (χ3v) is 27.3. The first-order valence-electron chi connectivity index (χ1n) is 34.5. The van der Waals surface area contributed by atoms with Crippen LogP contribution in [0.15, 0.2) is 0 Å². The molecule has 8 aliphatic carbocycles. The van der Waals surface area contributed by atoms with Crippen molar-refractivity contribution in [3.8, 4) is 0 Å². The van der Waals surface area contributed by atoms with Crippen molar-refractivity contribution in [2.24, 2.45) is 104 Å². The number of aliphatic hydroxyl groups excluding tert-OH is 2. The van der Waals surface area contributed by atoms with E-state index >= 15 is 0 Å². The summed E-state index contributed by atoms with van der Waals surface area (Å²) in [5.41, 5.74) is 0.666. The van der Waals surface area contributed by atoms with Crippen molar-refractivity contribution in [3.63, 3.8) is 0 Å². The fourth-order valence-corrected chi connectivity index (χ4v) is 22.5. The van der Waals surface area contributed by atoms with E-state index in [2.05, 4.69) is 59.5 Å². The van der Waals surface area contributed by atoms with Crippen LogP contribution in [0.3, 0.4) is 0 Å². The molecule has 8 rings (SSSR count). The van der Waals surface area contributed by atoms with Crippen molar-refractivity contribution < 1.29 is 42.9 Å². The summed E-state index contributed by atoms with van der Waals surface area (Å²) < 4.78 is 33.1. The molecule has 0 saturated heterocycles. The summed E-state index contributed by atoms with van der Waals surface area (Å²) in [5.74, 6) is 8.99. The van der Waals surface area contributed by atoms with Crippen LogP contribution in [0.25, 0.3) is 0 Å². The summed E-state index contributed by atoms with van der Waals surface area (Å²) in [6, 6.07) is 0. The number of esters is 2. The van der Waals surface area contributed by atoms with Gasteiger partial charge in [-0.1, -0.05) is 54.4 Å². The van der Waals surface area contributed by atoms with Gasteiger partial charge in [0, 0.05) is 26.3 Å². The van der Waals surface area contributed by atoms with Crippen LogP contribution in [0.2, 0.25) is 13.1 Å². The van der Waals surface area contributed by atoms with Gasteiger partial charge in [-0.2, -0.15) is 0 Å². The van der Waals surface area contributed by atoms with Gasteiger partial charge < -0.3 is 33.3 Å². The van der Waals surface area contributed by atoms with Gasteiger partial charge in [-0.15, -0.1) is 0 Å². The lowest BCUT2D eigenvalue weighted by Gasteiger charge is -2.61. The molecule has 0 aliphatic heterocycles. The molecule has 11 unspecified atom stereocenters. The Morgan fingerprint density at radius 1 is 0.531 bits per heavy atom. The Morgan fingerprint density at radius 2 is 0.988 bits per heavy atom. The zero-order valence-corrected chi connectivity index (χ0v) is 55.7. The van der Waals surface area contributed by atoms with E-state index < -0.39 is 19.4 Å². The highest BCUT2D eigenvalue weighted by Crippen LogP contribution is 2.70. The second-order valence-corrected chi connectivity index (χ2v) is 36.2. The third-order valence-electron chi connectivity index (χ3n) is 25.6. The average Bonchev–Trinajstić information content (AvgIpc) is 4.10. The fraction of sp³-hybridized carbons (Fsp3) is 0.971. The molecule has 2 N–H and O–H groups in total. The van der Waals surface area contributed by atoms with Gasteiger partial charge in [0.2, 0.25) is 0 Å².